The van der Waals surface area contributed by atoms with Gasteiger partial charge < -0.3 is 9.64 Å². The molecule has 1 spiro atoms. The maximum Gasteiger partial charge on any atom is 0.254 e. The first-order valence-electron chi connectivity index (χ1n) is 9.25. The Kier molecular flexibility index (Phi) is 5.33. The van der Waals surface area contributed by atoms with Gasteiger partial charge in [-0.1, -0.05) is 0 Å². The summed E-state index contributed by atoms with van der Waals surface area (Å²) in [6.45, 7) is 6.16. The second-order valence-corrected chi connectivity index (χ2v) is 8.20. The van der Waals surface area contributed by atoms with Crippen molar-refractivity contribution in [2.24, 2.45) is 5.41 Å². The Labute approximate surface area is 158 Å². The highest BCUT2D eigenvalue weighted by atomic mass is 32.1. The highest BCUT2D eigenvalue weighted by Gasteiger charge is 2.39. The molecule has 0 unspecified atom stereocenters. The molecule has 4 rings (SSSR count). The van der Waals surface area contributed by atoms with Crippen LogP contribution in [0, 0.1) is 5.41 Å². The molecule has 0 bridgehead atoms. The molecule has 5 nitrogen and oxygen atoms in total. The number of thiophene rings is 1. The molecular weight excluding hydrogens is 346 g/mol. The van der Waals surface area contributed by atoms with Crippen molar-refractivity contribution in [3.8, 4) is 0 Å². The van der Waals surface area contributed by atoms with E-state index in [2.05, 4.69) is 22.0 Å². The average Bonchev–Trinajstić information content (AvgIpc) is 3.14. The van der Waals surface area contributed by atoms with Crippen molar-refractivity contribution < 1.29 is 9.53 Å². The summed E-state index contributed by atoms with van der Waals surface area (Å²) in [7, 11) is 0. The maximum atomic E-state index is 12.6. The molecule has 2 fully saturated rings. The SMILES string of the molecule is O=C(c1ccsc1)N1CCC2(CC1)COCCN(Cc1ccncc1)C2. The fraction of sp³-hybridized carbons (Fsp3) is 0.500. The number of carbonyl (C=O) groups excluding carboxylic acids is 1. The van der Waals surface area contributed by atoms with Gasteiger partial charge >= 0.3 is 0 Å². The van der Waals surface area contributed by atoms with E-state index in [4.69, 9.17) is 4.74 Å². The lowest BCUT2D eigenvalue weighted by Crippen LogP contribution is -2.48. The minimum Gasteiger partial charge on any atom is -0.379 e. The molecule has 2 aliphatic rings. The maximum absolute atomic E-state index is 12.6. The van der Waals surface area contributed by atoms with Gasteiger partial charge in [-0.2, -0.15) is 11.3 Å². The summed E-state index contributed by atoms with van der Waals surface area (Å²) >= 11 is 1.58. The summed E-state index contributed by atoms with van der Waals surface area (Å²) in [5, 5.41) is 3.91. The van der Waals surface area contributed by atoms with Gasteiger partial charge in [-0.25, -0.2) is 0 Å². The van der Waals surface area contributed by atoms with Crippen LogP contribution < -0.4 is 0 Å². The third-order valence-electron chi connectivity index (χ3n) is 5.55. The summed E-state index contributed by atoms with van der Waals surface area (Å²) in [6, 6.07) is 6.09. The predicted molar refractivity (Wildman–Crippen MR) is 102 cm³/mol. The van der Waals surface area contributed by atoms with Crippen molar-refractivity contribution in [1.29, 1.82) is 0 Å². The van der Waals surface area contributed by atoms with Gasteiger partial charge in [0.15, 0.2) is 0 Å². The summed E-state index contributed by atoms with van der Waals surface area (Å²) < 4.78 is 5.97. The number of piperidine rings is 1. The van der Waals surface area contributed by atoms with Crippen molar-refractivity contribution in [2.75, 3.05) is 39.4 Å². The highest BCUT2D eigenvalue weighted by Crippen LogP contribution is 2.35. The number of rotatable bonds is 3. The molecule has 4 heterocycles. The first-order valence-corrected chi connectivity index (χ1v) is 10.2. The van der Waals surface area contributed by atoms with Crippen LogP contribution in [0.2, 0.25) is 0 Å². The Morgan fingerprint density at radius 2 is 2.00 bits per heavy atom. The second kappa shape index (κ2) is 7.86. The van der Waals surface area contributed by atoms with Crippen molar-refractivity contribution in [3.63, 3.8) is 0 Å². The molecular formula is C20H25N3O2S. The van der Waals surface area contributed by atoms with E-state index in [-0.39, 0.29) is 11.3 Å². The fourth-order valence-electron chi connectivity index (χ4n) is 4.02. The second-order valence-electron chi connectivity index (χ2n) is 7.42. The molecule has 138 valence electrons. The van der Waals surface area contributed by atoms with E-state index >= 15 is 0 Å². The quantitative estimate of drug-likeness (QED) is 0.832. The standard InChI is InChI=1S/C20H25N3O2S/c24-19(18-3-12-26-14-18)23-8-4-20(5-9-23)15-22(10-11-25-16-20)13-17-1-6-21-7-2-17/h1-3,6-7,12,14H,4-5,8-11,13,15-16H2. The Hall–Kier alpha value is -1.76. The minimum atomic E-state index is 0.162. The van der Waals surface area contributed by atoms with E-state index in [1.54, 1.807) is 11.3 Å². The van der Waals surface area contributed by atoms with E-state index < -0.39 is 0 Å². The molecule has 0 aliphatic carbocycles. The Balaban J connectivity index is 1.39. The third-order valence-corrected chi connectivity index (χ3v) is 6.24. The lowest BCUT2D eigenvalue weighted by atomic mass is 9.78. The third kappa shape index (κ3) is 3.98. The number of carbonyl (C=O) groups is 1. The van der Waals surface area contributed by atoms with Crippen LogP contribution in [-0.2, 0) is 11.3 Å². The van der Waals surface area contributed by atoms with Gasteiger partial charge in [0.1, 0.15) is 0 Å². The monoisotopic (exact) mass is 371 g/mol. The normalized spacial score (nSPS) is 20.8. The number of nitrogens with zero attached hydrogens (tertiary/aromatic N) is 3. The summed E-state index contributed by atoms with van der Waals surface area (Å²) in [6.07, 6.45) is 5.73. The van der Waals surface area contributed by atoms with Gasteiger partial charge in [-0.15, -0.1) is 0 Å². The van der Waals surface area contributed by atoms with Gasteiger partial charge in [-0.3, -0.25) is 14.7 Å². The number of pyridine rings is 1. The van der Waals surface area contributed by atoms with Gasteiger partial charge in [0.2, 0.25) is 0 Å². The van der Waals surface area contributed by atoms with Gasteiger partial charge in [0, 0.05) is 55.9 Å². The lowest BCUT2D eigenvalue weighted by Gasteiger charge is -2.42. The van der Waals surface area contributed by atoms with Gasteiger partial charge in [-0.05, 0) is 42.0 Å². The van der Waals surface area contributed by atoms with Crippen molar-refractivity contribution in [1.82, 2.24) is 14.8 Å². The van der Waals surface area contributed by atoms with Crippen molar-refractivity contribution in [2.45, 2.75) is 19.4 Å². The summed E-state index contributed by atoms with van der Waals surface area (Å²) in [4.78, 5) is 21.2. The number of amides is 1. The van der Waals surface area contributed by atoms with Crippen LogP contribution in [0.4, 0.5) is 0 Å². The zero-order valence-corrected chi connectivity index (χ0v) is 15.8. The molecule has 0 aromatic carbocycles. The molecule has 2 aromatic rings. The molecule has 2 saturated heterocycles. The summed E-state index contributed by atoms with van der Waals surface area (Å²) in [5.74, 6) is 0.171. The Bertz CT molecular complexity index is 712. The van der Waals surface area contributed by atoms with E-state index in [9.17, 15) is 4.79 Å². The molecule has 0 N–H and O–H groups in total. The smallest absolute Gasteiger partial charge is 0.254 e. The highest BCUT2D eigenvalue weighted by molar-refractivity contribution is 7.08. The van der Waals surface area contributed by atoms with E-state index in [0.717, 1.165) is 64.3 Å². The van der Waals surface area contributed by atoms with Crippen LogP contribution in [-0.4, -0.2) is 60.1 Å². The molecule has 1 amide bonds. The van der Waals surface area contributed by atoms with Crippen LogP contribution in [0.25, 0.3) is 0 Å². The van der Waals surface area contributed by atoms with E-state index in [1.165, 1.54) is 5.56 Å². The molecule has 2 aliphatic heterocycles. The molecule has 0 radical (unpaired) electrons. The van der Waals surface area contributed by atoms with Crippen LogP contribution in [0.5, 0.6) is 0 Å². The predicted octanol–water partition coefficient (Wildman–Crippen LogP) is 2.90. The van der Waals surface area contributed by atoms with Crippen molar-refractivity contribution in [3.05, 3.63) is 52.5 Å². The number of aromatic nitrogens is 1. The largest absolute Gasteiger partial charge is 0.379 e. The number of hydrogen-bond donors (Lipinski definition) is 0. The first-order chi connectivity index (χ1) is 12.7. The first kappa shape index (κ1) is 17.6. The van der Waals surface area contributed by atoms with Gasteiger partial charge in [0.25, 0.3) is 5.91 Å². The van der Waals surface area contributed by atoms with Crippen LogP contribution in [0.3, 0.4) is 0 Å². The molecule has 0 saturated carbocycles. The number of hydrogen-bond acceptors (Lipinski definition) is 5. The molecule has 0 atom stereocenters. The van der Waals surface area contributed by atoms with Crippen LogP contribution in [0.1, 0.15) is 28.8 Å². The molecule has 26 heavy (non-hydrogen) atoms. The minimum absolute atomic E-state index is 0.162. The van der Waals surface area contributed by atoms with Crippen LogP contribution in [0.15, 0.2) is 41.4 Å². The molecule has 2 aromatic heterocycles. The lowest BCUT2D eigenvalue weighted by molar-refractivity contribution is 0.0145. The number of likely N-dealkylation sites (tertiary alicyclic amines) is 1. The van der Waals surface area contributed by atoms with Crippen LogP contribution >= 0.6 is 11.3 Å². The van der Waals surface area contributed by atoms with Crippen molar-refractivity contribution >= 4 is 17.2 Å². The topological polar surface area (TPSA) is 45.7 Å². The fourth-order valence-corrected chi connectivity index (χ4v) is 4.65. The van der Waals surface area contributed by atoms with E-state index in [1.807, 2.05) is 34.1 Å². The zero-order chi connectivity index (χ0) is 17.8. The Morgan fingerprint density at radius 1 is 1.19 bits per heavy atom. The molecule has 6 heteroatoms. The van der Waals surface area contributed by atoms with E-state index in [0.29, 0.717) is 0 Å². The average molecular weight is 372 g/mol. The zero-order valence-electron chi connectivity index (χ0n) is 15.0. The Morgan fingerprint density at radius 3 is 2.73 bits per heavy atom. The summed E-state index contributed by atoms with van der Waals surface area (Å²) in [5.41, 5.74) is 2.28. The van der Waals surface area contributed by atoms with Gasteiger partial charge in [0.05, 0.1) is 18.8 Å². The number of ether oxygens (including phenoxy) is 1.